The van der Waals surface area contributed by atoms with Gasteiger partial charge >= 0.3 is 0 Å². The first-order valence-corrected chi connectivity index (χ1v) is 7.77. The number of aromatic nitrogens is 2. The third-order valence-electron chi connectivity index (χ3n) is 3.38. The standard InChI is InChI=1S/C17H22N4O3/c1-4-5-8-18-16-11-19-14(10-20-16)17(22)21-13-9-12(23-2)6-7-15(13)24-3/h6-7,9-11H,4-5,8H2,1-3H3,(H,18,20)(H,21,22). The van der Waals surface area contributed by atoms with E-state index in [4.69, 9.17) is 9.47 Å². The molecule has 0 saturated carbocycles. The second kappa shape index (κ2) is 8.71. The quantitative estimate of drug-likeness (QED) is 0.724. The molecule has 0 fully saturated rings. The zero-order valence-electron chi connectivity index (χ0n) is 14.1. The number of hydrogen-bond acceptors (Lipinski definition) is 6. The molecule has 1 aromatic heterocycles. The van der Waals surface area contributed by atoms with Crippen molar-refractivity contribution in [1.29, 1.82) is 0 Å². The number of unbranched alkanes of at least 4 members (excludes halogenated alkanes) is 1. The van der Waals surface area contributed by atoms with E-state index in [1.54, 1.807) is 31.5 Å². The molecule has 0 spiro atoms. The Balaban J connectivity index is 2.06. The van der Waals surface area contributed by atoms with Crippen molar-refractivity contribution in [3.63, 3.8) is 0 Å². The summed E-state index contributed by atoms with van der Waals surface area (Å²) >= 11 is 0. The average Bonchev–Trinajstić information content (AvgIpc) is 2.62. The second-order valence-electron chi connectivity index (χ2n) is 5.09. The van der Waals surface area contributed by atoms with Crippen molar-refractivity contribution in [1.82, 2.24) is 9.97 Å². The van der Waals surface area contributed by atoms with Gasteiger partial charge in [0.1, 0.15) is 23.0 Å². The van der Waals surface area contributed by atoms with Crippen LogP contribution in [0.15, 0.2) is 30.6 Å². The minimum absolute atomic E-state index is 0.223. The number of ether oxygens (including phenoxy) is 2. The van der Waals surface area contributed by atoms with Gasteiger partial charge in [-0.05, 0) is 18.6 Å². The molecule has 1 aromatic carbocycles. The Bertz CT molecular complexity index is 674. The van der Waals surface area contributed by atoms with E-state index in [1.807, 2.05) is 0 Å². The molecule has 2 aromatic rings. The number of amides is 1. The largest absolute Gasteiger partial charge is 0.497 e. The lowest BCUT2D eigenvalue weighted by atomic mass is 10.2. The van der Waals surface area contributed by atoms with Gasteiger partial charge in [0.2, 0.25) is 0 Å². The zero-order valence-corrected chi connectivity index (χ0v) is 14.1. The highest BCUT2D eigenvalue weighted by molar-refractivity contribution is 6.03. The van der Waals surface area contributed by atoms with Gasteiger partial charge in [-0.3, -0.25) is 4.79 Å². The van der Waals surface area contributed by atoms with E-state index < -0.39 is 0 Å². The van der Waals surface area contributed by atoms with Crippen LogP contribution in [-0.4, -0.2) is 36.6 Å². The number of methoxy groups -OCH3 is 2. The summed E-state index contributed by atoms with van der Waals surface area (Å²) < 4.78 is 10.4. The molecule has 0 unspecified atom stereocenters. The van der Waals surface area contributed by atoms with Gasteiger partial charge in [0.15, 0.2) is 0 Å². The SMILES string of the molecule is CCCCNc1cnc(C(=O)Nc2cc(OC)ccc2OC)cn1. The van der Waals surface area contributed by atoms with Crippen LogP contribution < -0.4 is 20.1 Å². The molecule has 0 aliphatic heterocycles. The van der Waals surface area contributed by atoms with Crippen LogP contribution in [0.2, 0.25) is 0 Å². The van der Waals surface area contributed by atoms with E-state index in [0.29, 0.717) is 23.0 Å². The molecule has 128 valence electrons. The first kappa shape index (κ1) is 17.5. The Morgan fingerprint density at radius 2 is 2.00 bits per heavy atom. The Labute approximate surface area is 141 Å². The van der Waals surface area contributed by atoms with Crippen molar-refractivity contribution in [2.75, 3.05) is 31.4 Å². The molecule has 0 aliphatic rings. The van der Waals surface area contributed by atoms with Crippen LogP contribution in [0.1, 0.15) is 30.3 Å². The van der Waals surface area contributed by atoms with Gasteiger partial charge in [0.25, 0.3) is 5.91 Å². The van der Waals surface area contributed by atoms with E-state index >= 15 is 0 Å². The first-order chi connectivity index (χ1) is 11.7. The summed E-state index contributed by atoms with van der Waals surface area (Å²) in [7, 11) is 3.09. The fourth-order valence-corrected chi connectivity index (χ4v) is 2.03. The molecule has 0 atom stereocenters. The Morgan fingerprint density at radius 3 is 2.62 bits per heavy atom. The van der Waals surface area contributed by atoms with E-state index in [2.05, 4.69) is 27.5 Å². The molecule has 0 saturated heterocycles. The van der Waals surface area contributed by atoms with Gasteiger partial charge in [-0.15, -0.1) is 0 Å². The summed E-state index contributed by atoms with van der Waals surface area (Å²) in [6, 6.07) is 5.16. The van der Waals surface area contributed by atoms with Gasteiger partial charge < -0.3 is 20.1 Å². The van der Waals surface area contributed by atoms with Crippen molar-refractivity contribution < 1.29 is 14.3 Å². The topological polar surface area (TPSA) is 85.4 Å². The van der Waals surface area contributed by atoms with Crippen LogP contribution in [0.25, 0.3) is 0 Å². The van der Waals surface area contributed by atoms with Gasteiger partial charge in [-0.2, -0.15) is 0 Å². The van der Waals surface area contributed by atoms with Crippen LogP contribution in [0, 0.1) is 0 Å². The maximum atomic E-state index is 12.3. The lowest BCUT2D eigenvalue weighted by molar-refractivity contribution is 0.102. The molecule has 2 N–H and O–H groups in total. The van der Waals surface area contributed by atoms with E-state index in [-0.39, 0.29) is 11.6 Å². The van der Waals surface area contributed by atoms with Crippen LogP contribution in [0.4, 0.5) is 11.5 Å². The minimum Gasteiger partial charge on any atom is -0.497 e. The summed E-state index contributed by atoms with van der Waals surface area (Å²) in [5.41, 5.74) is 0.731. The molecule has 0 aliphatic carbocycles. The highest BCUT2D eigenvalue weighted by atomic mass is 16.5. The molecule has 24 heavy (non-hydrogen) atoms. The van der Waals surface area contributed by atoms with Crippen molar-refractivity contribution in [3.8, 4) is 11.5 Å². The number of hydrogen-bond donors (Lipinski definition) is 2. The summed E-state index contributed by atoms with van der Waals surface area (Å²) in [4.78, 5) is 20.7. The number of rotatable bonds is 8. The smallest absolute Gasteiger partial charge is 0.275 e. The highest BCUT2D eigenvalue weighted by Gasteiger charge is 2.12. The number of nitrogens with one attached hydrogen (secondary N) is 2. The first-order valence-electron chi connectivity index (χ1n) is 7.77. The molecule has 0 radical (unpaired) electrons. The highest BCUT2D eigenvalue weighted by Crippen LogP contribution is 2.29. The maximum absolute atomic E-state index is 12.3. The molecular weight excluding hydrogens is 308 g/mol. The number of carbonyl (C=O) groups excluding carboxylic acids is 1. The number of nitrogens with zero attached hydrogens (tertiary/aromatic N) is 2. The fourth-order valence-electron chi connectivity index (χ4n) is 2.03. The van der Waals surface area contributed by atoms with Crippen molar-refractivity contribution in [2.45, 2.75) is 19.8 Å². The van der Waals surface area contributed by atoms with E-state index in [9.17, 15) is 4.79 Å². The van der Waals surface area contributed by atoms with E-state index in [1.165, 1.54) is 13.3 Å². The van der Waals surface area contributed by atoms with Gasteiger partial charge in [-0.25, -0.2) is 9.97 Å². The molecule has 7 heteroatoms. The summed E-state index contributed by atoms with van der Waals surface area (Å²) in [5, 5.41) is 5.91. The Hall–Kier alpha value is -2.83. The molecule has 1 amide bonds. The lowest BCUT2D eigenvalue weighted by Gasteiger charge is -2.11. The predicted octanol–water partition coefficient (Wildman–Crippen LogP) is 2.96. The van der Waals surface area contributed by atoms with Gasteiger partial charge in [0.05, 0.1) is 32.3 Å². The van der Waals surface area contributed by atoms with Gasteiger partial charge in [-0.1, -0.05) is 13.3 Å². The minimum atomic E-state index is -0.367. The molecule has 1 heterocycles. The number of carbonyl (C=O) groups is 1. The third-order valence-corrected chi connectivity index (χ3v) is 3.38. The van der Waals surface area contributed by atoms with E-state index in [0.717, 1.165) is 19.4 Å². The van der Waals surface area contributed by atoms with Crippen LogP contribution in [-0.2, 0) is 0 Å². The van der Waals surface area contributed by atoms with Crippen LogP contribution in [0.5, 0.6) is 11.5 Å². The summed E-state index contributed by atoms with van der Waals surface area (Å²) in [5.74, 6) is 1.44. The lowest BCUT2D eigenvalue weighted by Crippen LogP contribution is -2.15. The molecule has 2 rings (SSSR count). The van der Waals surface area contributed by atoms with Crippen LogP contribution in [0.3, 0.4) is 0 Å². The van der Waals surface area contributed by atoms with Crippen LogP contribution >= 0.6 is 0 Å². The Morgan fingerprint density at radius 1 is 1.17 bits per heavy atom. The molecular formula is C17H22N4O3. The molecule has 7 nitrogen and oxygen atoms in total. The zero-order chi connectivity index (χ0) is 17.4. The van der Waals surface area contributed by atoms with Gasteiger partial charge in [0, 0.05) is 12.6 Å². The number of anilines is 2. The van der Waals surface area contributed by atoms with Crippen molar-refractivity contribution in [3.05, 3.63) is 36.3 Å². The fraction of sp³-hybridized carbons (Fsp3) is 0.353. The molecule has 0 bridgehead atoms. The average molecular weight is 330 g/mol. The second-order valence-corrected chi connectivity index (χ2v) is 5.09. The maximum Gasteiger partial charge on any atom is 0.275 e. The number of benzene rings is 1. The summed E-state index contributed by atoms with van der Waals surface area (Å²) in [6.45, 7) is 2.95. The normalized spacial score (nSPS) is 10.1. The Kier molecular flexibility index (Phi) is 6.36. The third kappa shape index (κ3) is 4.58. The monoisotopic (exact) mass is 330 g/mol. The summed E-state index contributed by atoms with van der Waals surface area (Å²) in [6.07, 6.45) is 5.15. The van der Waals surface area contributed by atoms with Crippen molar-refractivity contribution in [2.24, 2.45) is 0 Å². The van der Waals surface area contributed by atoms with Crippen molar-refractivity contribution >= 4 is 17.4 Å². The predicted molar refractivity (Wildman–Crippen MR) is 92.9 cm³/mol.